The highest BCUT2D eigenvalue weighted by Gasteiger charge is 2.29. The molecule has 164 valence electrons. The van der Waals surface area contributed by atoms with Crippen LogP contribution in [-0.2, 0) is 23.1 Å². The number of methoxy groups -OCH3 is 1. The molecule has 0 unspecified atom stereocenters. The number of aromatic nitrogens is 2. The van der Waals surface area contributed by atoms with Gasteiger partial charge < -0.3 is 9.47 Å². The maximum atomic E-state index is 13.0. The number of hydrogen-bond acceptors (Lipinski definition) is 5. The van der Waals surface area contributed by atoms with E-state index in [4.69, 9.17) is 10.8 Å². The normalized spacial score (nSPS) is 16.2. The number of carbonyl (C=O) groups is 2. The van der Waals surface area contributed by atoms with E-state index < -0.39 is 12.1 Å². The fraction of sp³-hybridized carbons (Fsp3) is 0.240. The van der Waals surface area contributed by atoms with Crippen molar-refractivity contribution in [3.8, 4) is 0 Å². The van der Waals surface area contributed by atoms with Crippen molar-refractivity contribution >= 4 is 17.6 Å². The second-order valence-electron chi connectivity index (χ2n) is 7.50. The predicted octanol–water partition coefficient (Wildman–Crippen LogP) is 4.37. The summed E-state index contributed by atoms with van der Waals surface area (Å²) in [6.45, 7) is 0.659. The molecular weight excluding hydrogens is 406 g/mol. The average Bonchev–Trinajstić information content (AvgIpc) is 3.36. The molecule has 0 aliphatic carbocycles. The van der Waals surface area contributed by atoms with Crippen LogP contribution in [-0.4, -0.2) is 40.4 Å². The number of esters is 1. The number of ether oxygens (including phenoxy) is 2. The van der Waals surface area contributed by atoms with Crippen molar-refractivity contribution in [1.29, 1.82) is 0 Å². The second-order valence-corrected chi connectivity index (χ2v) is 7.50. The lowest BCUT2D eigenvalue weighted by molar-refractivity contribution is 0.0600. The topological polar surface area (TPSA) is 73.7 Å². The Morgan fingerprint density at radius 2 is 1.94 bits per heavy atom. The molecule has 1 amide bonds. The van der Waals surface area contributed by atoms with Crippen molar-refractivity contribution in [1.82, 2.24) is 14.7 Å². The average molecular weight is 432 g/mol. The fourth-order valence-corrected chi connectivity index (χ4v) is 3.73. The van der Waals surface area contributed by atoms with Gasteiger partial charge in [-0.1, -0.05) is 48.5 Å². The molecule has 7 nitrogen and oxygen atoms in total. The highest BCUT2D eigenvalue weighted by atomic mass is 16.6. The summed E-state index contributed by atoms with van der Waals surface area (Å²) in [5, 5.41) is 4.20. The van der Waals surface area contributed by atoms with E-state index in [0.717, 1.165) is 22.3 Å². The minimum atomic E-state index is -0.414. The van der Waals surface area contributed by atoms with Crippen LogP contribution in [0.1, 0.15) is 40.9 Å². The minimum absolute atomic E-state index is 0.0453. The summed E-state index contributed by atoms with van der Waals surface area (Å²) in [4.78, 5) is 26.5. The third-order valence-electron chi connectivity index (χ3n) is 5.43. The number of aryl methyl sites for hydroxylation is 1. The first-order valence-electron chi connectivity index (χ1n) is 11.0. The van der Waals surface area contributed by atoms with Crippen LogP contribution in [0.15, 0.2) is 73.1 Å². The van der Waals surface area contributed by atoms with Gasteiger partial charge in [-0.15, -0.1) is 0 Å². The number of benzene rings is 2. The van der Waals surface area contributed by atoms with Crippen LogP contribution in [0.25, 0.3) is 5.57 Å². The molecule has 32 heavy (non-hydrogen) atoms. The maximum absolute atomic E-state index is 13.0. The summed E-state index contributed by atoms with van der Waals surface area (Å²) in [6, 6.07) is 16.2. The number of rotatable bonds is 5. The molecule has 1 aliphatic heterocycles. The van der Waals surface area contributed by atoms with Crippen LogP contribution in [0.3, 0.4) is 0 Å². The van der Waals surface area contributed by atoms with Crippen molar-refractivity contribution in [2.24, 2.45) is 7.02 Å². The Bertz CT molecular complexity index is 1140. The van der Waals surface area contributed by atoms with Crippen molar-refractivity contribution in [3.05, 3.63) is 95.3 Å². The van der Waals surface area contributed by atoms with E-state index in [1.165, 1.54) is 7.11 Å². The zero-order valence-corrected chi connectivity index (χ0v) is 17.8. The molecule has 4 rings (SSSR count). The minimum Gasteiger partial charge on any atom is -0.465 e. The molecule has 1 aliphatic rings. The van der Waals surface area contributed by atoms with Gasteiger partial charge in [-0.3, -0.25) is 9.58 Å². The number of nitrogens with zero attached hydrogens (tertiary/aromatic N) is 3. The lowest BCUT2D eigenvalue weighted by atomic mass is 9.93. The predicted molar refractivity (Wildman–Crippen MR) is 120 cm³/mol. The van der Waals surface area contributed by atoms with Gasteiger partial charge in [0.1, 0.15) is 6.61 Å². The van der Waals surface area contributed by atoms with Crippen molar-refractivity contribution < 1.29 is 20.4 Å². The van der Waals surface area contributed by atoms with Crippen molar-refractivity contribution in [2.75, 3.05) is 13.7 Å². The van der Waals surface area contributed by atoms with Gasteiger partial charge in [0.05, 0.1) is 24.9 Å². The smallest absolute Gasteiger partial charge is 0.410 e. The van der Waals surface area contributed by atoms with Crippen molar-refractivity contribution in [3.63, 3.8) is 0 Å². The monoisotopic (exact) mass is 432 g/mol. The first-order valence-corrected chi connectivity index (χ1v) is 10.3. The maximum Gasteiger partial charge on any atom is 0.410 e. The summed E-state index contributed by atoms with van der Waals surface area (Å²) in [5.41, 5.74) is 4.18. The van der Waals surface area contributed by atoms with Gasteiger partial charge in [-0.05, 0) is 35.3 Å². The SMILES string of the molecule is [2H]Cn1cc(C2=C[C@@H](c3ccc(C(=O)OC)cc3)N(C(=O)OCc3ccccc3)CC2)cn1. The van der Waals surface area contributed by atoms with Gasteiger partial charge >= 0.3 is 12.1 Å². The largest absolute Gasteiger partial charge is 0.465 e. The van der Waals surface area contributed by atoms with Crippen LogP contribution < -0.4 is 0 Å². The van der Waals surface area contributed by atoms with Gasteiger partial charge in [0.15, 0.2) is 0 Å². The number of hydrogen-bond donors (Lipinski definition) is 0. The fourth-order valence-electron chi connectivity index (χ4n) is 3.73. The molecule has 2 heterocycles. The molecule has 0 saturated carbocycles. The first kappa shape index (κ1) is 20.1. The molecule has 0 saturated heterocycles. The molecule has 7 heteroatoms. The summed E-state index contributed by atoms with van der Waals surface area (Å²) in [6.07, 6.45) is 5.82. The molecule has 1 aromatic heterocycles. The molecule has 0 bridgehead atoms. The van der Waals surface area contributed by atoms with Gasteiger partial charge in [0.25, 0.3) is 0 Å². The molecule has 3 aromatic rings. The third-order valence-corrected chi connectivity index (χ3v) is 5.43. The first-order chi connectivity index (χ1) is 16.1. The Labute approximate surface area is 188 Å². The van der Waals surface area contributed by atoms with E-state index >= 15 is 0 Å². The van der Waals surface area contributed by atoms with Crippen LogP contribution in [0.4, 0.5) is 4.79 Å². The quantitative estimate of drug-likeness (QED) is 0.560. The summed E-state index contributed by atoms with van der Waals surface area (Å²) < 4.78 is 19.4. The highest BCUT2D eigenvalue weighted by molar-refractivity contribution is 5.89. The zero-order chi connectivity index (χ0) is 23.2. The molecular formula is C25H25N3O4. The van der Waals surface area contributed by atoms with Crippen LogP contribution in [0.2, 0.25) is 0 Å². The molecule has 0 N–H and O–H groups in total. The van der Waals surface area contributed by atoms with E-state index in [2.05, 4.69) is 5.10 Å². The Balaban J connectivity index is 1.60. The number of carbonyl (C=O) groups excluding carboxylic acids is 2. The Morgan fingerprint density at radius 1 is 1.16 bits per heavy atom. The van der Waals surface area contributed by atoms with Crippen LogP contribution in [0, 0.1) is 0 Å². The molecule has 2 aromatic carbocycles. The molecule has 0 spiro atoms. The molecule has 0 radical (unpaired) electrons. The Kier molecular flexibility index (Phi) is 5.96. The summed E-state index contributed by atoms with van der Waals surface area (Å²) in [7, 11) is 1.39. The zero-order valence-electron chi connectivity index (χ0n) is 18.8. The van der Waals surface area contributed by atoms with E-state index in [9.17, 15) is 9.59 Å². The van der Waals surface area contributed by atoms with Crippen LogP contribution >= 0.6 is 0 Å². The lowest BCUT2D eigenvalue weighted by Crippen LogP contribution is -2.37. The second kappa shape index (κ2) is 9.51. The number of amides is 1. The van der Waals surface area contributed by atoms with Gasteiger partial charge in [-0.2, -0.15) is 5.10 Å². The Hall–Kier alpha value is -3.87. The lowest BCUT2D eigenvalue weighted by Gasteiger charge is -2.34. The van der Waals surface area contributed by atoms with E-state index in [1.54, 1.807) is 27.9 Å². The van der Waals surface area contributed by atoms with Gasteiger partial charge in [-0.25, -0.2) is 9.59 Å². The van der Waals surface area contributed by atoms with Crippen LogP contribution in [0.5, 0.6) is 0 Å². The van der Waals surface area contributed by atoms with Gasteiger partial charge in [0.2, 0.25) is 0 Å². The van der Waals surface area contributed by atoms with Crippen molar-refractivity contribution in [2.45, 2.75) is 19.1 Å². The molecule has 0 fully saturated rings. The third kappa shape index (κ3) is 4.72. The standard InChI is InChI=1S/C25H25N3O4/c1-27-16-22(15-26-27)21-12-13-28(25(30)32-17-18-6-4-3-5-7-18)23(14-21)19-8-10-20(11-9-19)24(29)31-2/h3-11,14-16,23H,12-13,17H2,1-2H3/t23-/m0/s1/i1D. The Morgan fingerprint density at radius 3 is 2.62 bits per heavy atom. The van der Waals surface area contributed by atoms with E-state index in [1.807, 2.05) is 54.7 Å². The van der Waals surface area contributed by atoms with Gasteiger partial charge in [0, 0.05) is 26.7 Å². The van der Waals surface area contributed by atoms with E-state index in [-0.39, 0.29) is 19.7 Å². The highest BCUT2D eigenvalue weighted by Crippen LogP contribution is 2.34. The molecule has 1 atom stereocenters. The summed E-state index contributed by atoms with van der Waals surface area (Å²) in [5.74, 6) is -0.414. The van der Waals surface area contributed by atoms with E-state index in [0.29, 0.717) is 18.5 Å². The summed E-state index contributed by atoms with van der Waals surface area (Å²) >= 11 is 0.